The van der Waals surface area contributed by atoms with E-state index in [9.17, 15) is 4.79 Å². The molecular weight excluding hydrogens is 290 g/mol. The van der Waals surface area contributed by atoms with Gasteiger partial charge >= 0.3 is 0 Å². The van der Waals surface area contributed by atoms with Crippen LogP contribution in [0.25, 0.3) is 0 Å². The molecule has 3 N–H and O–H groups in total. The number of nitrogens with zero attached hydrogens (tertiary/aromatic N) is 1. The van der Waals surface area contributed by atoms with Crippen LogP contribution in [0.3, 0.4) is 0 Å². The number of ether oxygens (including phenoxy) is 1. The molecule has 1 saturated heterocycles. The summed E-state index contributed by atoms with van der Waals surface area (Å²) in [6, 6.07) is 5.07. The quantitative estimate of drug-likeness (QED) is 0.819. The first-order valence-corrected chi connectivity index (χ1v) is 7.57. The van der Waals surface area contributed by atoms with Crippen molar-refractivity contribution in [3.63, 3.8) is 0 Å². The molecule has 1 aromatic carbocycles. The molecule has 1 atom stereocenters. The molecule has 0 saturated carbocycles. The molecule has 1 aliphatic heterocycles. The number of carbonyl (C=O) groups excluding carboxylic acids is 1. The Morgan fingerprint density at radius 1 is 1.52 bits per heavy atom. The number of likely N-dealkylation sites (N-methyl/N-ethyl adjacent to an activating group) is 1. The van der Waals surface area contributed by atoms with E-state index in [0.29, 0.717) is 22.9 Å². The van der Waals surface area contributed by atoms with Crippen molar-refractivity contribution in [2.75, 3.05) is 37.8 Å². The second-order valence-corrected chi connectivity index (χ2v) is 5.88. The topological polar surface area (TPSA) is 67.6 Å². The lowest BCUT2D eigenvalue weighted by Crippen LogP contribution is -2.37. The average Bonchev–Trinajstić information content (AvgIpc) is 2.43. The zero-order chi connectivity index (χ0) is 15.2. The molecule has 116 valence electrons. The van der Waals surface area contributed by atoms with E-state index in [1.807, 2.05) is 11.9 Å². The van der Waals surface area contributed by atoms with Gasteiger partial charge in [-0.3, -0.25) is 9.69 Å². The molecule has 1 aromatic rings. The number of nitrogens with one attached hydrogen (secondary N) is 1. The van der Waals surface area contributed by atoms with Gasteiger partial charge in [0.15, 0.2) is 0 Å². The molecule has 0 radical (unpaired) electrons. The fourth-order valence-electron chi connectivity index (χ4n) is 2.43. The van der Waals surface area contributed by atoms with Crippen LogP contribution in [0.1, 0.15) is 19.3 Å². The van der Waals surface area contributed by atoms with E-state index >= 15 is 0 Å². The molecule has 0 aromatic heterocycles. The van der Waals surface area contributed by atoms with Gasteiger partial charge in [0.05, 0.1) is 23.4 Å². The Labute approximate surface area is 130 Å². The van der Waals surface area contributed by atoms with Crippen molar-refractivity contribution in [2.45, 2.75) is 25.4 Å². The molecule has 6 heteroatoms. The van der Waals surface area contributed by atoms with E-state index in [1.165, 1.54) is 6.42 Å². The number of hydrogen-bond donors (Lipinski definition) is 2. The number of halogens is 1. The van der Waals surface area contributed by atoms with Gasteiger partial charge in [-0.1, -0.05) is 11.6 Å². The maximum absolute atomic E-state index is 12.0. The van der Waals surface area contributed by atoms with Gasteiger partial charge in [-0.25, -0.2) is 0 Å². The summed E-state index contributed by atoms with van der Waals surface area (Å²) in [6.07, 6.45) is 3.65. The number of rotatable bonds is 5. The van der Waals surface area contributed by atoms with Crippen molar-refractivity contribution in [3.8, 4) is 0 Å². The van der Waals surface area contributed by atoms with Crippen LogP contribution in [0.5, 0.6) is 0 Å². The number of anilines is 2. The van der Waals surface area contributed by atoms with E-state index in [1.54, 1.807) is 18.2 Å². The Bertz CT molecular complexity index is 490. The second-order valence-electron chi connectivity index (χ2n) is 5.47. The van der Waals surface area contributed by atoms with Crippen molar-refractivity contribution in [1.29, 1.82) is 0 Å². The number of carbonyl (C=O) groups is 1. The predicted molar refractivity (Wildman–Crippen MR) is 85.6 cm³/mol. The van der Waals surface area contributed by atoms with Gasteiger partial charge in [-0.2, -0.15) is 0 Å². The van der Waals surface area contributed by atoms with Crippen LogP contribution in [0, 0.1) is 0 Å². The highest BCUT2D eigenvalue weighted by Crippen LogP contribution is 2.22. The van der Waals surface area contributed by atoms with Crippen LogP contribution in [-0.2, 0) is 9.53 Å². The lowest BCUT2D eigenvalue weighted by atomic mass is 10.1. The number of hydrogen-bond acceptors (Lipinski definition) is 4. The monoisotopic (exact) mass is 311 g/mol. The molecule has 1 aliphatic rings. The average molecular weight is 312 g/mol. The van der Waals surface area contributed by atoms with Gasteiger partial charge in [0.2, 0.25) is 5.91 Å². The predicted octanol–water partition coefficient (Wildman–Crippen LogP) is 2.36. The first-order valence-electron chi connectivity index (χ1n) is 7.19. The summed E-state index contributed by atoms with van der Waals surface area (Å²) in [6.45, 7) is 1.92. The van der Waals surface area contributed by atoms with Crippen LogP contribution >= 0.6 is 11.6 Å². The van der Waals surface area contributed by atoms with Crippen molar-refractivity contribution < 1.29 is 9.53 Å². The third kappa shape index (κ3) is 5.19. The van der Waals surface area contributed by atoms with Crippen molar-refractivity contribution in [1.82, 2.24) is 4.90 Å². The molecule has 0 spiro atoms. The molecule has 1 unspecified atom stereocenters. The summed E-state index contributed by atoms with van der Waals surface area (Å²) in [4.78, 5) is 14.0. The van der Waals surface area contributed by atoms with Crippen LogP contribution in [0.15, 0.2) is 18.2 Å². The maximum atomic E-state index is 12.0. The smallest absolute Gasteiger partial charge is 0.238 e. The summed E-state index contributed by atoms with van der Waals surface area (Å²) in [5, 5.41) is 3.30. The molecule has 21 heavy (non-hydrogen) atoms. The number of benzene rings is 1. The first-order chi connectivity index (χ1) is 10.0. The fourth-order valence-corrected chi connectivity index (χ4v) is 2.55. The van der Waals surface area contributed by atoms with E-state index in [4.69, 9.17) is 22.1 Å². The zero-order valence-corrected chi connectivity index (χ0v) is 13.0. The van der Waals surface area contributed by atoms with E-state index < -0.39 is 0 Å². The number of nitrogens with two attached hydrogens (primary N) is 1. The largest absolute Gasteiger partial charge is 0.397 e. The maximum Gasteiger partial charge on any atom is 0.238 e. The second kappa shape index (κ2) is 7.64. The molecular formula is C15H22ClN3O2. The van der Waals surface area contributed by atoms with Crippen molar-refractivity contribution in [2.24, 2.45) is 0 Å². The van der Waals surface area contributed by atoms with Crippen LogP contribution in [-0.4, -0.2) is 43.7 Å². The lowest BCUT2D eigenvalue weighted by Gasteiger charge is -2.27. The van der Waals surface area contributed by atoms with Gasteiger partial charge in [0.25, 0.3) is 0 Å². The molecule has 1 amide bonds. The minimum Gasteiger partial charge on any atom is -0.397 e. The Morgan fingerprint density at radius 3 is 3.00 bits per heavy atom. The standard InChI is InChI=1S/C15H22ClN3O2/c1-19(9-12-4-2-3-7-21-12)10-15(20)18-11-5-6-13(16)14(17)8-11/h5-6,8,12H,2-4,7,9-10,17H2,1H3,(H,18,20). The SMILES string of the molecule is CN(CC(=O)Nc1ccc(Cl)c(N)c1)CC1CCCCO1. The first kappa shape index (κ1) is 16.1. The minimum atomic E-state index is -0.0740. The van der Waals surface area contributed by atoms with Gasteiger partial charge in [0.1, 0.15) is 0 Å². The van der Waals surface area contributed by atoms with E-state index in [2.05, 4.69) is 5.32 Å². The Kier molecular flexibility index (Phi) is 5.85. The lowest BCUT2D eigenvalue weighted by molar-refractivity contribution is -0.117. The molecule has 0 bridgehead atoms. The summed E-state index contributed by atoms with van der Waals surface area (Å²) in [7, 11) is 1.92. The number of amides is 1. The van der Waals surface area contributed by atoms with E-state index in [0.717, 1.165) is 26.0 Å². The van der Waals surface area contributed by atoms with Crippen LogP contribution in [0.2, 0.25) is 5.02 Å². The van der Waals surface area contributed by atoms with Crippen LogP contribution in [0.4, 0.5) is 11.4 Å². The van der Waals surface area contributed by atoms with E-state index in [-0.39, 0.29) is 12.0 Å². The van der Waals surface area contributed by atoms with Crippen LogP contribution < -0.4 is 11.1 Å². The molecule has 5 nitrogen and oxygen atoms in total. The normalized spacial score (nSPS) is 18.7. The van der Waals surface area contributed by atoms with Gasteiger partial charge < -0.3 is 15.8 Å². The third-order valence-corrected chi connectivity index (χ3v) is 3.83. The summed E-state index contributed by atoms with van der Waals surface area (Å²) >= 11 is 5.85. The Morgan fingerprint density at radius 2 is 2.33 bits per heavy atom. The summed E-state index contributed by atoms with van der Waals surface area (Å²) in [5.41, 5.74) is 6.82. The molecule has 0 aliphatic carbocycles. The van der Waals surface area contributed by atoms with Crippen molar-refractivity contribution >= 4 is 28.9 Å². The summed E-state index contributed by atoms with van der Waals surface area (Å²) in [5.74, 6) is -0.0740. The summed E-state index contributed by atoms with van der Waals surface area (Å²) < 4.78 is 5.67. The van der Waals surface area contributed by atoms with Gasteiger partial charge in [-0.15, -0.1) is 0 Å². The zero-order valence-electron chi connectivity index (χ0n) is 12.3. The van der Waals surface area contributed by atoms with Crippen molar-refractivity contribution in [3.05, 3.63) is 23.2 Å². The Hall–Kier alpha value is -1.30. The third-order valence-electron chi connectivity index (χ3n) is 3.48. The minimum absolute atomic E-state index is 0.0740. The highest BCUT2D eigenvalue weighted by Gasteiger charge is 2.17. The fraction of sp³-hybridized carbons (Fsp3) is 0.533. The highest BCUT2D eigenvalue weighted by molar-refractivity contribution is 6.33. The highest BCUT2D eigenvalue weighted by atomic mass is 35.5. The van der Waals surface area contributed by atoms with Gasteiger partial charge in [-0.05, 0) is 44.5 Å². The van der Waals surface area contributed by atoms with Gasteiger partial charge in [0, 0.05) is 18.8 Å². The molecule has 1 fully saturated rings. The molecule has 2 rings (SSSR count). The number of nitrogen functional groups attached to an aromatic ring is 1. The Balaban J connectivity index is 1.78. The molecule has 1 heterocycles.